The lowest BCUT2D eigenvalue weighted by atomic mass is 9.99. The number of ether oxygens (including phenoxy) is 1. The summed E-state index contributed by atoms with van der Waals surface area (Å²) in [4.78, 5) is 41.8. The summed E-state index contributed by atoms with van der Waals surface area (Å²) in [7, 11) is 0. The molecule has 3 amide bonds. The number of nitrogens with zero attached hydrogens (tertiary/aromatic N) is 1. The Morgan fingerprint density at radius 1 is 1.05 bits per heavy atom. The number of benzene rings is 2. The molecular weight excluding hydrogens is 490 g/mol. The minimum Gasteiger partial charge on any atom is -0.508 e. The van der Waals surface area contributed by atoms with E-state index in [-0.39, 0.29) is 17.5 Å². The summed E-state index contributed by atoms with van der Waals surface area (Å²) >= 11 is 4.31. The van der Waals surface area contributed by atoms with Gasteiger partial charge in [-0.05, 0) is 76.8 Å². The molecule has 0 heterocycles. The number of rotatable bonds is 9. The first-order chi connectivity index (χ1) is 17.3. The summed E-state index contributed by atoms with van der Waals surface area (Å²) < 4.78 is 5.34. The number of amides is 3. The van der Waals surface area contributed by atoms with Crippen LogP contribution in [-0.2, 0) is 14.3 Å². The number of phenols is 1. The van der Waals surface area contributed by atoms with Gasteiger partial charge in [0.2, 0.25) is 5.91 Å². The summed E-state index contributed by atoms with van der Waals surface area (Å²) in [6.45, 7) is 12.8. The van der Waals surface area contributed by atoms with Gasteiger partial charge in [-0.25, -0.2) is 4.79 Å². The van der Waals surface area contributed by atoms with E-state index in [1.807, 2.05) is 45.9 Å². The van der Waals surface area contributed by atoms with Crippen molar-refractivity contribution in [1.82, 2.24) is 10.2 Å². The predicted octanol–water partition coefficient (Wildman–Crippen LogP) is 5.14. The number of thiol groups is 1. The standard InChI is InChI=1S/C28H39N3O5S/c1-8-19(4)31(26(34)22(16-37)29-27(35)36-28(5,6)7)24(20-12-14-21(32)15-13-20)25(33)30-23-17(2)10-9-11-18(23)3/h9-15,19,22,24,32,37H,8,16H2,1-7H3,(H,29,35)(H,30,33). The maximum Gasteiger partial charge on any atom is 0.408 e. The first-order valence-electron chi connectivity index (χ1n) is 12.4. The number of phenolic OH excluding ortho intramolecular Hbond substituents is 1. The van der Waals surface area contributed by atoms with Crippen molar-refractivity contribution in [2.75, 3.05) is 11.1 Å². The Hall–Kier alpha value is -3.20. The van der Waals surface area contributed by atoms with Crippen molar-refractivity contribution in [3.63, 3.8) is 0 Å². The maximum atomic E-state index is 13.9. The van der Waals surface area contributed by atoms with Crippen molar-refractivity contribution in [3.8, 4) is 5.75 Å². The zero-order valence-corrected chi connectivity index (χ0v) is 23.6. The Balaban J connectivity index is 2.54. The first kappa shape index (κ1) is 30.0. The Labute approximate surface area is 225 Å². The first-order valence-corrected chi connectivity index (χ1v) is 13.0. The summed E-state index contributed by atoms with van der Waals surface area (Å²) in [6, 6.07) is 9.46. The van der Waals surface area contributed by atoms with E-state index in [9.17, 15) is 19.5 Å². The van der Waals surface area contributed by atoms with E-state index in [1.54, 1.807) is 32.9 Å². The molecule has 0 bridgehead atoms. The molecule has 0 aliphatic rings. The second kappa shape index (κ2) is 12.9. The second-order valence-corrected chi connectivity index (χ2v) is 10.5. The molecule has 0 aromatic heterocycles. The lowest BCUT2D eigenvalue weighted by Crippen LogP contribution is -2.55. The van der Waals surface area contributed by atoms with Gasteiger partial charge in [0, 0.05) is 17.5 Å². The Morgan fingerprint density at radius 2 is 1.62 bits per heavy atom. The number of hydrogen-bond acceptors (Lipinski definition) is 6. The van der Waals surface area contributed by atoms with Crippen molar-refractivity contribution in [2.24, 2.45) is 0 Å². The highest BCUT2D eigenvalue weighted by Gasteiger charge is 2.38. The van der Waals surface area contributed by atoms with E-state index < -0.39 is 35.6 Å². The largest absolute Gasteiger partial charge is 0.508 e. The van der Waals surface area contributed by atoms with Gasteiger partial charge < -0.3 is 25.4 Å². The van der Waals surface area contributed by atoms with Crippen molar-refractivity contribution >= 4 is 36.2 Å². The molecule has 202 valence electrons. The van der Waals surface area contributed by atoms with Gasteiger partial charge >= 0.3 is 6.09 Å². The number of para-hydroxylation sites is 1. The molecule has 2 rings (SSSR count). The van der Waals surface area contributed by atoms with E-state index >= 15 is 0 Å². The Morgan fingerprint density at radius 3 is 2.11 bits per heavy atom. The molecule has 3 atom stereocenters. The van der Waals surface area contributed by atoms with Crippen LogP contribution < -0.4 is 10.6 Å². The normalized spacial score (nSPS) is 13.7. The average molecular weight is 530 g/mol. The smallest absolute Gasteiger partial charge is 0.408 e. The van der Waals surface area contributed by atoms with Crippen LogP contribution >= 0.6 is 12.6 Å². The van der Waals surface area contributed by atoms with Crippen LogP contribution in [0.4, 0.5) is 10.5 Å². The van der Waals surface area contributed by atoms with Gasteiger partial charge in [0.25, 0.3) is 5.91 Å². The fourth-order valence-electron chi connectivity index (χ4n) is 3.91. The van der Waals surface area contributed by atoms with E-state index in [0.717, 1.165) is 11.1 Å². The summed E-state index contributed by atoms with van der Waals surface area (Å²) in [5.74, 6) is -0.831. The molecule has 2 aromatic rings. The maximum absolute atomic E-state index is 13.9. The summed E-state index contributed by atoms with van der Waals surface area (Å²) in [5.41, 5.74) is 2.22. The fraction of sp³-hybridized carbons (Fsp3) is 0.464. The molecule has 3 N–H and O–H groups in total. The van der Waals surface area contributed by atoms with Gasteiger partial charge in [-0.2, -0.15) is 12.6 Å². The number of carbonyl (C=O) groups is 3. The minimum atomic E-state index is -1.04. The molecule has 0 aliphatic heterocycles. The van der Waals surface area contributed by atoms with E-state index in [0.29, 0.717) is 17.7 Å². The number of aryl methyl sites for hydroxylation is 2. The highest BCUT2D eigenvalue weighted by atomic mass is 32.1. The number of hydrogen-bond donors (Lipinski definition) is 4. The number of alkyl carbamates (subject to hydrolysis) is 1. The molecule has 0 spiro atoms. The number of carbonyl (C=O) groups excluding carboxylic acids is 3. The molecule has 0 radical (unpaired) electrons. The lowest BCUT2D eigenvalue weighted by molar-refractivity contribution is -0.142. The van der Waals surface area contributed by atoms with Crippen molar-refractivity contribution in [3.05, 3.63) is 59.2 Å². The molecule has 37 heavy (non-hydrogen) atoms. The lowest BCUT2D eigenvalue weighted by Gasteiger charge is -2.38. The van der Waals surface area contributed by atoms with Gasteiger partial charge in [-0.3, -0.25) is 9.59 Å². The van der Waals surface area contributed by atoms with Gasteiger partial charge in [0.05, 0.1) is 0 Å². The SMILES string of the molecule is CCC(C)N(C(=O)C(CS)NC(=O)OC(C)(C)C)C(C(=O)Nc1c(C)cccc1C)c1ccc(O)cc1. The Bertz CT molecular complexity index is 1080. The van der Waals surface area contributed by atoms with Crippen LogP contribution in [0, 0.1) is 13.8 Å². The third kappa shape index (κ3) is 8.15. The zero-order chi connectivity index (χ0) is 27.9. The highest BCUT2D eigenvalue weighted by Crippen LogP contribution is 2.30. The van der Waals surface area contributed by atoms with Crippen LogP contribution in [0.15, 0.2) is 42.5 Å². The van der Waals surface area contributed by atoms with Gasteiger partial charge in [0.15, 0.2) is 0 Å². The Kier molecular flexibility index (Phi) is 10.4. The molecule has 2 aromatic carbocycles. The number of aromatic hydroxyl groups is 1. The van der Waals surface area contributed by atoms with Crippen LogP contribution in [0.5, 0.6) is 5.75 Å². The highest BCUT2D eigenvalue weighted by molar-refractivity contribution is 7.80. The van der Waals surface area contributed by atoms with Crippen LogP contribution in [0.1, 0.15) is 63.8 Å². The van der Waals surface area contributed by atoms with Gasteiger partial charge in [-0.15, -0.1) is 0 Å². The quantitative estimate of drug-likeness (QED) is 0.337. The molecule has 8 nitrogen and oxygen atoms in total. The average Bonchev–Trinajstić information content (AvgIpc) is 2.82. The zero-order valence-electron chi connectivity index (χ0n) is 22.7. The number of nitrogens with one attached hydrogen (secondary N) is 2. The summed E-state index contributed by atoms with van der Waals surface area (Å²) in [5, 5.41) is 15.5. The molecule has 0 saturated carbocycles. The second-order valence-electron chi connectivity index (χ2n) is 10.1. The van der Waals surface area contributed by atoms with E-state index in [2.05, 4.69) is 23.3 Å². The molecule has 9 heteroatoms. The topological polar surface area (TPSA) is 108 Å². The molecule has 0 aliphatic carbocycles. The van der Waals surface area contributed by atoms with Crippen molar-refractivity contribution in [2.45, 2.75) is 78.6 Å². The molecule has 0 saturated heterocycles. The van der Waals surface area contributed by atoms with Crippen LogP contribution in [0.2, 0.25) is 0 Å². The molecule has 3 unspecified atom stereocenters. The van der Waals surface area contributed by atoms with Crippen molar-refractivity contribution < 1.29 is 24.2 Å². The minimum absolute atomic E-state index is 0.00578. The monoisotopic (exact) mass is 529 g/mol. The van der Waals surface area contributed by atoms with Crippen molar-refractivity contribution in [1.29, 1.82) is 0 Å². The molecule has 0 fully saturated rings. The van der Waals surface area contributed by atoms with Gasteiger partial charge in [0.1, 0.15) is 23.4 Å². The van der Waals surface area contributed by atoms with E-state index in [1.165, 1.54) is 17.0 Å². The molecular formula is C28H39N3O5S. The summed E-state index contributed by atoms with van der Waals surface area (Å²) in [6.07, 6.45) is -0.187. The van der Waals surface area contributed by atoms with Crippen LogP contribution in [0.25, 0.3) is 0 Å². The van der Waals surface area contributed by atoms with Gasteiger partial charge in [-0.1, -0.05) is 37.3 Å². The third-order valence-corrected chi connectivity index (χ3v) is 6.32. The fourth-order valence-corrected chi connectivity index (χ4v) is 4.16. The third-order valence-electron chi connectivity index (χ3n) is 5.96. The van der Waals surface area contributed by atoms with Crippen LogP contribution in [0.3, 0.4) is 0 Å². The predicted molar refractivity (Wildman–Crippen MR) is 149 cm³/mol. The van der Waals surface area contributed by atoms with E-state index in [4.69, 9.17) is 4.74 Å². The number of anilines is 1. The van der Waals surface area contributed by atoms with Crippen LogP contribution in [-0.4, -0.2) is 51.4 Å².